The molecule has 0 unspecified atom stereocenters. The van der Waals surface area contributed by atoms with E-state index < -0.39 is 0 Å². The highest BCUT2D eigenvalue weighted by atomic mass is 32.2. The van der Waals surface area contributed by atoms with Crippen LogP contribution in [0.3, 0.4) is 0 Å². The molecule has 0 saturated carbocycles. The van der Waals surface area contributed by atoms with Crippen molar-refractivity contribution in [2.75, 3.05) is 18.2 Å². The Bertz CT molecular complexity index is 1120. The molecule has 0 atom stereocenters. The number of nitrogen functional groups attached to an aromatic ring is 1. The molecule has 0 saturated heterocycles. The van der Waals surface area contributed by atoms with Crippen LogP contribution in [0.1, 0.15) is 5.82 Å². The predicted octanol–water partition coefficient (Wildman–Crippen LogP) is 4.65. The fraction of sp³-hybridized carbons (Fsp3) is 0.0952. The monoisotopic (exact) mass is 389 g/mol. The molecule has 3 aromatic carbocycles. The van der Waals surface area contributed by atoms with Gasteiger partial charge in [-0.05, 0) is 35.0 Å². The largest absolute Gasteiger partial charge is 0.495 e. The molecule has 0 aliphatic heterocycles. The van der Waals surface area contributed by atoms with Gasteiger partial charge < -0.3 is 15.8 Å². The van der Waals surface area contributed by atoms with Gasteiger partial charge >= 0.3 is 0 Å². The summed E-state index contributed by atoms with van der Waals surface area (Å²) >= 11 is 1.66. The average Bonchev–Trinajstić information content (AvgIpc) is 2.72. The van der Waals surface area contributed by atoms with E-state index in [0.717, 1.165) is 10.6 Å². The zero-order valence-corrected chi connectivity index (χ0v) is 16.1. The molecule has 28 heavy (non-hydrogen) atoms. The van der Waals surface area contributed by atoms with E-state index in [1.54, 1.807) is 18.9 Å². The Hall–Kier alpha value is -3.32. The smallest absolute Gasteiger partial charge is 0.232 e. The van der Waals surface area contributed by atoms with Gasteiger partial charge in [0.1, 0.15) is 11.6 Å². The quantitative estimate of drug-likeness (QED) is 0.464. The molecule has 0 radical (unpaired) electrons. The summed E-state index contributed by atoms with van der Waals surface area (Å²) in [4.78, 5) is 14.1. The van der Waals surface area contributed by atoms with Gasteiger partial charge in [-0.15, -0.1) is 11.8 Å². The van der Waals surface area contributed by atoms with Gasteiger partial charge in [0.15, 0.2) is 0 Å². The highest BCUT2D eigenvalue weighted by Crippen LogP contribution is 2.28. The number of anilines is 3. The molecule has 0 aliphatic carbocycles. The number of benzene rings is 3. The van der Waals surface area contributed by atoms with Crippen LogP contribution in [0, 0.1) is 0 Å². The summed E-state index contributed by atoms with van der Waals surface area (Å²) in [5.41, 5.74) is 6.65. The molecule has 0 amide bonds. The van der Waals surface area contributed by atoms with Crippen LogP contribution in [0.25, 0.3) is 10.8 Å². The van der Waals surface area contributed by atoms with E-state index >= 15 is 0 Å². The Balaban J connectivity index is 1.51. The van der Waals surface area contributed by atoms with E-state index in [2.05, 4.69) is 50.6 Å². The van der Waals surface area contributed by atoms with Crippen molar-refractivity contribution >= 4 is 40.1 Å². The minimum Gasteiger partial charge on any atom is -0.495 e. The molecule has 4 rings (SSSR count). The van der Waals surface area contributed by atoms with Crippen LogP contribution in [0.15, 0.2) is 71.6 Å². The fourth-order valence-corrected chi connectivity index (χ4v) is 3.63. The number of hydrogen-bond donors (Lipinski definition) is 2. The van der Waals surface area contributed by atoms with Crippen molar-refractivity contribution in [3.05, 3.63) is 72.6 Å². The lowest BCUT2D eigenvalue weighted by Gasteiger charge is -2.10. The van der Waals surface area contributed by atoms with Crippen molar-refractivity contribution in [1.29, 1.82) is 0 Å². The number of para-hydroxylation sites is 2. The van der Waals surface area contributed by atoms with Crippen LogP contribution in [-0.2, 0) is 5.75 Å². The molecule has 4 aromatic rings. The second kappa shape index (κ2) is 8.14. The van der Waals surface area contributed by atoms with Crippen LogP contribution in [0.5, 0.6) is 5.75 Å². The van der Waals surface area contributed by atoms with E-state index in [1.165, 1.54) is 10.8 Å². The first-order valence-corrected chi connectivity index (χ1v) is 9.72. The van der Waals surface area contributed by atoms with Gasteiger partial charge in [0.25, 0.3) is 0 Å². The fourth-order valence-electron chi connectivity index (χ4n) is 2.83. The Morgan fingerprint density at radius 3 is 2.57 bits per heavy atom. The predicted molar refractivity (Wildman–Crippen MR) is 114 cm³/mol. The van der Waals surface area contributed by atoms with Gasteiger partial charge in [-0.3, -0.25) is 0 Å². The summed E-state index contributed by atoms with van der Waals surface area (Å²) < 4.78 is 5.35. The molecule has 0 aliphatic rings. The van der Waals surface area contributed by atoms with Crippen LogP contribution in [0.4, 0.5) is 17.6 Å². The second-order valence-electron chi connectivity index (χ2n) is 6.06. The number of ether oxygens (including phenoxy) is 1. The number of nitrogens with zero attached hydrogens (tertiary/aromatic N) is 3. The van der Waals surface area contributed by atoms with Crippen molar-refractivity contribution in [2.24, 2.45) is 0 Å². The topological polar surface area (TPSA) is 86.0 Å². The zero-order chi connectivity index (χ0) is 19.3. The molecule has 0 spiro atoms. The molecule has 7 heteroatoms. The molecule has 3 N–H and O–H groups in total. The third-order valence-electron chi connectivity index (χ3n) is 4.14. The summed E-state index contributed by atoms with van der Waals surface area (Å²) in [5, 5.41) is 5.58. The minimum absolute atomic E-state index is 0.182. The van der Waals surface area contributed by atoms with Crippen molar-refractivity contribution in [1.82, 2.24) is 15.0 Å². The lowest BCUT2D eigenvalue weighted by atomic mass is 10.1. The highest BCUT2D eigenvalue weighted by molar-refractivity contribution is 7.98. The Morgan fingerprint density at radius 2 is 1.71 bits per heavy atom. The van der Waals surface area contributed by atoms with Crippen molar-refractivity contribution in [3.8, 4) is 5.75 Å². The van der Waals surface area contributed by atoms with Crippen LogP contribution < -0.4 is 15.8 Å². The standard InChI is InChI=1S/C21H19N5OS/c1-27-18-9-5-4-8-17(18)23-21-25-19(24-20(22)26-21)13-28-16-11-10-14-6-2-3-7-15(14)12-16/h2-12H,13H2,1H3,(H3,22,23,24,25,26). The van der Waals surface area contributed by atoms with E-state index in [-0.39, 0.29) is 5.95 Å². The first-order valence-electron chi connectivity index (χ1n) is 8.73. The molecule has 0 fully saturated rings. The number of nitrogens with two attached hydrogens (primary N) is 1. The number of aromatic nitrogens is 3. The maximum absolute atomic E-state index is 5.88. The molecule has 1 aromatic heterocycles. The molecular formula is C21H19N5OS. The minimum atomic E-state index is 0.182. The lowest BCUT2D eigenvalue weighted by molar-refractivity contribution is 0.417. The normalized spacial score (nSPS) is 10.8. The molecule has 140 valence electrons. The molecule has 0 bridgehead atoms. The summed E-state index contributed by atoms with van der Waals surface area (Å²) in [6, 6.07) is 22.2. The van der Waals surface area contributed by atoms with E-state index in [1.807, 2.05) is 36.4 Å². The zero-order valence-electron chi connectivity index (χ0n) is 15.3. The number of hydrogen-bond acceptors (Lipinski definition) is 7. The van der Waals surface area contributed by atoms with E-state index in [4.69, 9.17) is 10.5 Å². The Kier molecular flexibility index (Phi) is 5.25. The number of nitrogens with one attached hydrogen (secondary N) is 1. The van der Waals surface area contributed by atoms with Crippen molar-refractivity contribution in [2.45, 2.75) is 10.6 Å². The Morgan fingerprint density at radius 1 is 0.929 bits per heavy atom. The number of rotatable bonds is 6. The van der Waals surface area contributed by atoms with Crippen LogP contribution in [0.2, 0.25) is 0 Å². The van der Waals surface area contributed by atoms with Gasteiger partial charge in [0, 0.05) is 4.90 Å². The summed E-state index contributed by atoms with van der Waals surface area (Å²) in [5.74, 6) is 2.48. The molecular weight excluding hydrogens is 370 g/mol. The first-order chi connectivity index (χ1) is 13.7. The van der Waals surface area contributed by atoms with Crippen LogP contribution >= 0.6 is 11.8 Å². The maximum Gasteiger partial charge on any atom is 0.232 e. The summed E-state index contributed by atoms with van der Waals surface area (Å²) in [6.07, 6.45) is 0. The third-order valence-corrected chi connectivity index (χ3v) is 5.13. The van der Waals surface area contributed by atoms with Gasteiger partial charge in [-0.2, -0.15) is 15.0 Å². The van der Waals surface area contributed by atoms with E-state index in [0.29, 0.717) is 23.3 Å². The number of thioether (sulfide) groups is 1. The number of fused-ring (bicyclic) bond motifs is 1. The lowest BCUT2D eigenvalue weighted by Crippen LogP contribution is -2.07. The van der Waals surface area contributed by atoms with Gasteiger partial charge in [-0.1, -0.05) is 42.5 Å². The first kappa shape index (κ1) is 18.1. The van der Waals surface area contributed by atoms with Crippen LogP contribution in [-0.4, -0.2) is 22.1 Å². The SMILES string of the molecule is COc1ccccc1Nc1nc(N)nc(CSc2ccc3ccccc3c2)n1. The van der Waals surface area contributed by atoms with Gasteiger partial charge in [0.2, 0.25) is 11.9 Å². The third kappa shape index (κ3) is 4.15. The molecule has 1 heterocycles. The van der Waals surface area contributed by atoms with Gasteiger partial charge in [0.05, 0.1) is 18.6 Å². The highest BCUT2D eigenvalue weighted by Gasteiger charge is 2.09. The van der Waals surface area contributed by atoms with Gasteiger partial charge in [-0.25, -0.2) is 0 Å². The molecule has 6 nitrogen and oxygen atoms in total. The summed E-state index contributed by atoms with van der Waals surface area (Å²) in [6.45, 7) is 0. The Labute approximate surface area is 167 Å². The summed E-state index contributed by atoms with van der Waals surface area (Å²) in [7, 11) is 1.62. The van der Waals surface area contributed by atoms with Crippen molar-refractivity contribution < 1.29 is 4.74 Å². The van der Waals surface area contributed by atoms with Crippen molar-refractivity contribution in [3.63, 3.8) is 0 Å². The van der Waals surface area contributed by atoms with E-state index in [9.17, 15) is 0 Å². The maximum atomic E-state index is 5.88. The second-order valence-corrected chi connectivity index (χ2v) is 7.11. The average molecular weight is 389 g/mol. The number of methoxy groups -OCH3 is 1.